The normalized spacial score (nSPS) is 13.7. The number of hydrogen-bond acceptors (Lipinski definition) is 4. The van der Waals surface area contributed by atoms with Crippen LogP contribution < -0.4 is 0 Å². The molecule has 0 aliphatic carbocycles. The van der Waals surface area contributed by atoms with E-state index in [1.54, 1.807) is 21.1 Å². The molecule has 0 aromatic rings. The smallest absolute Gasteiger partial charge is 0.333 e. The molecule has 0 saturated heterocycles. The zero-order chi connectivity index (χ0) is 14.9. The quantitative estimate of drug-likeness (QED) is 0.267. The van der Waals surface area contributed by atoms with Crippen molar-refractivity contribution in [3.63, 3.8) is 0 Å². The van der Waals surface area contributed by atoms with Gasteiger partial charge in [0.1, 0.15) is 14.9 Å². The molecule has 0 aliphatic heterocycles. The van der Waals surface area contributed by atoms with E-state index in [1.807, 2.05) is 6.92 Å². The molecule has 0 heterocycles. The molecule has 1 atom stereocenters. The first kappa shape index (κ1) is 18.3. The number of carbonyl (C=O) groups excluding carboxylic acids is 1. The summed E-state index contributed by atoms with van der Waals surface area (Å²) in [5.41, 5.74) is -0.176. The van der Waals surface area contributed by atoms with E-state index < -0.39 is 14.9 Å². The van der Waals surface area contributed by atoms with E-state index in [0.29, 0.717) is 5.57 Å². The Kier molecular flexibility index (Phi) is 8.96. The third-order valence-electron chi connectivity index (χ3n) is 3.32. The lowest BCUT2D eigenvalue weighted by Gasteiger charge is -2.33. The number of methoxy groups -OCH3 is 2. The molecule has 0 aromatic carbocycles. The lowest BCUT2D eigenvalue weighted by atomic mass is 10.2. The summed E-state index contributed by atoms with van der Waals surface area (Å²) in [5, 5.41) is 0. The molecule has 0 aliphatic rings. The molecule has 0 amide bonds. The van der Waals surface area contributed by atoms with Gasteiger partial charge in [-0.15, -0.1) is 0 Å². The van der Waals surface area contributed by atoms with Gasteiger partial charge < -0.3 is 14.2 Å². The second-order valence-electron chi connectivity index (χ2n) is 4.83. The minimum absolute atomic E-state index is 0.0657. The van der Waals surface area contributed by atoms with Crippen LogP contribution in [0.2, 0.25) is 0 Å². The molecule has 1 unspecified atom stereocenters. The first-order chi connectivity index (χ1) is 8.94. The Morgan fingerprint density at radius 1 is 1.32 bits per heavy atom. The van der Waals surface area contributed by atoms with Crippen LogP contribution in [0, 0.1) is 0 Å². The van der Waals surface area contributed by atoms with Crippen molar-refractivity contribution in [1.29, 1.82) is 0 Å². The molecule has 0 spiro atoms. The third-order valence-corrected chi connectivity index (χ3v) is 6.05. The second-order valence-corrected chi connectivity index (χ2v) is 7.22. The third kappa shape index (κ3) is 6.36. The summed E-state index contributed by atoms with van der Waals surface area (Å²) in [5.74, 6) is -0.314. The Balaban J connectivity index is 4.73. The minimum atomic E-state index is -0.891. The maximum Gasteiger partial charge on any atom is 0.333 e. The summed E-state index contributed by atoms with van der Waals surface area (Å²) in [6.45, 7) is 9.44. The van der Waals surface area contributed by atoms with Crippen molar-refractivity contribution in [1.82, 2.24) is 0 Å². The molecule has 0 saturated carbocycles. The molecule has 0 fully saturated rings. The van der Waals surface area contributed by atoms with E-state index in [-0.39, 0.29) is 11.7 Å². The highest BCUT2D eigenvalue weighted by atomic mass is 28.2. The van der Waals surface area contributed by atoms with Gasteiger partial charge in [-0.1, -0.05) is 33.3 Å². The van der Waals surface area contributed by atoms with Crippen LogP contribution in [0.3, 0.4) is 0 Å². The van der Waals surface area contributed by atoms with Gasteiger partial charge in [0.25, 0.3) is 0 Å². The topological polar surface area (TPSA) is 44.8 Å². The number of ether oxygens (including phenoxy) is 3. The molecule has 5 heteroatoms. The lowest BCUT2D eigenvalue weighted by molar-refractivity contribution is -0.153. The van der Waals surface area contributed by atoms with E-state index in [4.69, 9.17) is 14.2 Å². The van der Waals surface area contributed by atoms with Gasteiger partial charge in [-0.3, -0.25) is 0 Å². The van der Waals surface area contributed by atoms with Crippen molar-refractivity contribution < 1.29 is 19.0 Å². The average Bonchev–Trinajstić information content (AvgIpc) is 2.41. The Bertz CT molecular complexity index is 279. The highest BCUT2D eigenvalue weighted by molar-refractivity contribution is 6.41. The zero-order valence-electron chi connectivity index (χ0n) is 13.0. The minimum Gasteiger partial charge on any atom is -0.463 e. The monoisotopic (exact) mass is 288 g/mol. The molecule has 4 nitrogen and oxygen atoms in total. The highest BCUT2D eigenvalue weighted by Gasteiger charge is 2.33. The van der Waals surface area contributed by atoms with Gasteiger partial charge in [0, 0.05) is 19.8 Å². The van der Waals surface area contributed by atoms with Crippen LogP contribution in [0.5, 0.6) is 0 Å². The fraction of sp³-hybridized carbons (Fsp3) is 0.786. The van der Waals surface area contributed by atoms with Crippen LogP contribution in [-0.2, 0) is 19.0 Å². The summed E-state index contributed by atoms with van der Waals surface area (Å²) in [6, 6.07) is 0. The molecule has 0 rings (SSSR count). The first-order valence-electron chi connectivity index (χ1n) is 6.91. The van der Waals surface area contributed by atoms with Gasteiger partial charge in [0.15, 0.2) is 0 Å². The molecule has 0 aromatic heterocycles. The van der Waals surface area contributed by atoms with Crippen LogP contribution in [0.25, 0.3) is 0 Å². The van der Waals surface area contributed by atoms with Crippen LogP contribution in [0.4, 0.5) is 0 Å². The van der Waals surface area contributed by atoms with E-state index in [9.17, 15) is 4.79 Å². The van der Waals surface area contributed by atoms with Gasteiger partial charge in [0.05, 0.1) is 5.73 Å². The molecular weight excluding hydrogens is 260 g/mol. The zero-order valence-corrected chi connectivity index (χ0v) is 14.4. The second kappa shape index (κ2) is 9.28. The molecule has 19 heavy (non-hydrogen) atoms. The summed E-state index contributed by atoms with van der Waals surface area (Å²) in [4.78, 5) is 11.7. The van der Waals surface area contributed by atoms with Gasteiger partial charge in [-0.05, 0) is 19.8 Å². The summed E-state index contributed by atoms with van der Waals surface area (Å²) in [7, 11) is 2.41. The largest absolute Gasteiger partial charge is 0.463 e. The van der Waals surface area contributed by atoms with Crippen LogP contribution >= 0.6 is 0 Å². The molecule has 0 radical (unpaired) electrons. The number of unbranched alkanes of at least 4 members (excludes halogenated alkanes) is 1. The van der Waals surface area contributed by atoms with Crippen molar-refractivity contribution in [3.05, 3.63) is 12.2 Å². The van der Waals surface area contributed by atoms with Gasteiger partial charge in [-0.25, -0.2) is 4.79 Å². The number of esters is 1. The van der Waals surface area contributed by atoms with E-state index in [2.05, 4.69) is 13.5 Å². The Morgan fingerprint density at radius 3 is 2.26 bits per heavy atom. The summed E-state index contributed by atoms with van der Waals surface area (Å²) in [6.07, 6.45) is 3.75. The number of rotatable bonds is 10. The molecule has 112 valence electrons. The van der Waals surface area contributed by atoms with Gasteiger partial charge >= 0.3 is 5.97 Å². The van der Waals surface area contributed by atoms with E-state index in [1.165, 1.54) is 0 Å². The van der Waals surface area contributed by atoms with Gasteiger partial charge in [-0.2, -0.15) is 0 Å². The summed E-state index contributed by atoms with van der Waals surface area (Å²) < 4.78 is 16.6. The van der Waals surface area contributed by atoms with Crippen molar-refractivity contribution in [2.45, 2.75) is 57.6 Å². The highest BCUT2D eigenvalue weighted by Crippen LogP contribution is 2.19. The fourth-order valence-corrected chi connectivity index (χ4v) is 3.96. The first-order valence-corrected chi connectivity index (χ1v) is 8.43. The van der Waals surface area contributed by atoms with Crippen molar-refractivity contribution in [3.8, 4) is 0 Å². The SMILES string of the molecule is C=C(C)C(=O)OC(CCCC)[SiH2]C(CC)(OC)OC. The number of carbonyl (C=O) groups is 1. The lowest BCUT2D eigenvalue weighted by Crippen LogP contribution is -2.47. The van der Waals surface area contributed by atoms with Crippen LogP contribution in [-0.4, -0.2) is 40.8 Å². The Labute approximate surface area is 119 Å². The maximum atomic E-state index is 11.7. The molecular formula is C14H28O4Si. The van der Waals surface area contributed by atoms with Crippen molar-refractivity contribution in [2.75, 3.05) is 14.2 Å². The molecule has 0 N–H and O–H groups in total. The van der Waals surface area contributed by atoms with E-state index >= 15 is 0 Å². The van der Waals surface area contributed by atoms with Gasteiger partial charge in [0.2, 0.25) is 0 Å². The standard InChI is InChI=1S/C14H28O4Si/c1-7-9-10-12(18-13(15)11(3)4)19-14(8-2,16-5)17-6/h12H,3,7-10,19H2,1-2,4-6H3. The van der Waals surface area contributed by atoms with Crippen LogP contribution in [0.15, 0.2) is 12.2 Å². The number of hydrogen-bond donors (Lipinski definition) is 0. The van der Waals surface area contributed by atoms with Crippen LogP contribution in [0.1, 0.15) is 46.5 Å². The Hall–Kier alpha value is -0.653. The summed E-state index contributed by atoms with van der Waals surface area (Å²) >= 11 is 0. The Morgan fingerprint density at radius 2 is 1.89 bits per heavy atom. The predicted molar refractivity (Wildman–Crippen MR) is 79.8 cm³/mol. The fourth-order valence-electron chi connectivity index (χ4n) is 1.92. The maximum absolute atomic E-state index is 11.7. The average molecular weight is 288 g/mol. The molecule has 0 bridgehead atoms. The van der Waals surface area contributed by atoms with Crippen molar-refractivity contribution in [2.24, 2.45) is 0 Å². The van der Waals surface area contributed by atoms with E-state index in [0.717, 1.165) is 25.7 Å². The predicted octanol–water partition coefficient (Wildman–Crippen LogP) is 2.15. The van der Waals surface area contributed by atoms with Crippen molar-refractivity contribution >= 4 is 15.5 Å².